The van der Waals surface area contributed by atoms with Gasteiger partial charge in [0.25, 0.3) is 0 Å². The second-order valence-electron chi connectivity index (χ2n) is 6.51. The number of aromatic nitrogens is 3. The molecule has 0 aliphatic carbocycles. The molecule has 7 nitrogen and oxygen atoms in total. The van der Waals surface area contributed by atoms with E-state index < -0.39 is 5.25 Å². The minimum atomic E-state index is -0.455. The van der Waals surface area contributed by atoms with Crippen molar-refractivity contribution in [1.29, 1.82) is 0 Å². The monoisotopic (exact) mass is 429 g/mol. The number of rotatable bonds is 5. The van der Waals surface area contributed by atoms with Crippen LogP contribution in [-0.4, -0.2) is 33.1 Å². The first kappa shape index (κ1) is 19.6. The number of thioether (sulfide) groups is 1. The molecule has 0 saturated heterocycles. The summed E-state index contributed by atoms with van der Waals surface area (Å²) in [5.41, 5.74) is 5.04. The van der Waals surface area contributed by atoms with Gasteiger partial charge >= 0.3 is 0 Å². The van der Waals surface area contributed by atoms with Gasteiger partial charge in [-0.25, -0.2) is 4.68 Å². The van der Waals surface area contributed by atoms with E-state index in [1.165, 1.54) is 11.8 Å². The van der Waals surface area contributed by atoms with Gasteiger partial charge in [-0.3, -0.25) is 4.79 Å². The highest BCUT2D eigenvalue weighted by Gasteiger charge is 2.37. The van der Waals surface area contributed by atoms with E-state index in [4.69, 9.17) is 16.3 Å². The van der Waals surface area contributed by atoms with Crippen molar-refractivity contribution in [3.05, 3.63) is 64.9 Å². The molecule has 2 N–H and O–H groups in total. The summed E-state index contributed by atoms with van der Waals surface area (Å²) in [6, 6.07) is 14.5. The van der Waals surface area contributed by atoms with Gasteiger partial charge in [-0.1, -0.05) is 48.5 Å². The van der Waals surface area contributed by atoms with E-state index in [-0.39, 0.29) is 11.9 Å². The second-order valence-corrected chi connectivity index (χ2v) is 8.05. The zero-order chi connectivity index (χ0) is 20.4. The van der Waals surface area contributed by atoms with Gasteiger partial charge in [0.05, 0.1) is 13.2 Å². The number of hydrogen-bond donors (Lipinski definition) is 2. The normalized spacial score (nSPS) is 17.9. The van der Waals surface area contributed by atoms with Crippen LogP contribution in [0.4, 0.5) is 5.69 Å². The number of anilines is 1. The van der Waals surface area contributed by atoms with E-state index in [0.29, 0.717) is 15.9 Å². The largest absolute Gasteiger partial charge is 0.497 e. The number of hydrogen-bond acceptors (Lipinski definition) is 6. The molecule has 0 spiro atoms. The van der Waals surface area contributed by atoms with E-state index in [9.17, 15) is 4.79 Å². The average molecular weight is 430 g/mol. The highest BCUT2D eigenvalue weighted by molar-refractivity contribution is 8.00. The minimum absolute atomic E-state index is 0.141. The standard InChI is InChI=1S/C20H20ClN5O2S/c1-3-16-23-24-20-26(16)25-17(12-7-9-15(28-2)10-8-12)18(29-20)19(27)22-14-6-4-5-13(21)11-14/h4-11,17-18,25H,3H2,1-2H3,(H,22,27)/t17-,18+/m0/s1. The van der Waals surface area contributed by atoms with Gasteiger partial charge in [-0.05, 0) is 35.9 Å². The molecule has 150 valence electrons. The van der Waals surface area contributed by atoms with Crippen molar-refractivity contribution >= 4 is 35.0 Å². The Labute approximate surface area is 177 Å². The number of halogens is 1. The van der Waals surface area contributed by atoms with Crippen LogP contribution >= 0.6 is 23.4 Å². The lowest BCUT2D eigenvalue weighted by Gasteiger charge is -2.33. The maximum absolute atomic E-state index is 13.2. The van der Waals surface area contributed by atoms with E-state index in [0.717, 1.165) is 23.6 Å². The molecule has 0 fully saturated rings. The fourth-order valence-electron chi connectivity index (χ4n) is 3.17. The molecule has 29 heavy (non-hydrogen) atoms. The zero-order valence-electron chi connectivity index (χ0n) is 15.9. The Morgan fingerprint density at radius 1 is 1.28 bits per heavy atom. The number of nitrogens with one attached hydrogen (secondary N) is 2. The first-order valence-corrected chi connectivity index (χ1v) is 10.4. The number of methoxy groups -OCH3 is 1. The summed E-state index contributed by atoms with van der Waals surface area (Å²) in [7, 11) is 1.63. The Morgan fingerprint density at radius 3 is 2.76 bits per heavy atom. The molecular formula is C20H20ClN5O2S. The van der Waals surface area contributed by atoms with Crippen LogP contribution in [0.1, 0.15) is 24.4 Å². The third kappa shape index (κ3) is 4.04. The Kier molecular flexibility index (Phi) is 5.64. The lowest BCUT2D eigenvalue weighted by molar-refractivity contribution is -0.116. The van der Waals surface area contributed by atoms with E-state index >= 15 is 0 Å². The molecule has 0 saturated carbocycles. The van der Waals surface area contributed by atoms with Crippen LogP contribution < -0.4 is 15.5 Å². The number of benzene rings is 2. The van der Waals surface area contributed by atoms with E-state index in [1.807, 2.05) is 41.9 Å². The summed E-state index contributed by atoms with van der Waals surface area (Å²) in [5, 5.41) is 12.2. The van der Waals surface area contributed by atoms with Crippen molar-refractivity contribution in [2.24, 2.45) is 0 Å². The maximum Gasteiger partial charge on any atom is 0.240 e. The van der Waals surface area contributed by atoms with Crippen molar-refractivity contribution in [2.45, 2.75) is 29.8 Å². The molecule has 1 aliphatic heterocycles. The predicted molar refractivity (Wildman–Crippen MR) is 114 cm³/mol. The summed E-state index contributed by atoms with van der Waals surface area (Å²) < 4.78 is 7.12. The zero-order valence-corrected chi connectivity index (χ0v) is 17.5. The van der Waals surface area contributed by atoms with Crippen molar-refractivity contribution in [1.82, 2.24) is 14.9 Å². The summed E-state index contributed by atoms with van der Waals surface area (Å²) in [4.78, 5) is 13.2. The first-order chi connectivity index (χ1) is 14.1. The number of carbonyl (C=O) groups excluding carboxylic acids is 1. The maximum atomic E-state index is 13.2. The molecule has 1 aliphatic rings. The summed E-state index contributed by atoms with van der Waals surface area (Å²) in [5.74, 6) is 1.44. The van der Waals surface area contributed by atoms with Gasteiger partial charge in [0, 0.05) is 17.1 Å². The van der Waals surface area contributed by atoms with Crippen molar-refractivity contribution in [2.75, 3.05) is 17.9 Å². The third-order valence-corrected chi connectivity index (χ3v) is 6.10. The Morgan fingerprint density at radius 2 is 2.07 bits per heavy atom. The topological polar surface area (TPSA) is 81.1 Å². The van der Waals surface area contributed by atoms with E-state index in [1.54, 1.807) is 25.3 Å². The Hall–Kier alpha value is -2.71. The molecule has 3 aromatic rings. The van der Waals surface area contributed by atoms with Crippen LogP contribution in [0.2, 0.25) is 5.02 Å². The van der Waals surface area contributed by atoms with Crippen LogP contribution in [0.25, 0.3) is 0 Å². The highest BCUT2D eigenvalue weighted by atomic mass is 35.5. The van der Waals surface area contributed by atoms with Crippen LogP contribution in [0, 0.1) is 0 Å². The van der Waals surface area contributed by atoms with Gasteiger partial charge in [0.15, 0.2) is 5.82 Å². The quantitative estimate of drug-likeness (QED) is 0.640. The van der Waals surface area contributed by atoms with Crippen LogP contribution in [0.3, 0.4) is 0 Å². The third-order valence-electron chi connectivity index (χ3n) is 4.65. The summed E-state index contributed by atoms with van der Waals surface area (Å²) >= 11 is 7.44. The molecule has 1 amide bonds. The number of aryl methyl sites for hydroxylation is 1. The Bertz CT molecular complexity index is 1020. The molecule has 2 atom stereocenters. The summed E-state index contributed by atoms with van der Waals surface area (Å²) in [6.07, 6.45) is 0.731. The van der Waals surface area contributed by atoms with E-state index in [2.05, 4.69) is 20.9 Å². The van der Waals surface area contributed by atoms with Gasteiger partial charge in [-0.15, -0.1) is 10.2 Å². The molecule has 4 rings (SSSR count). The predicted octanol–water partition coefficient (Wildman–Crippen LogP) is 3.90. The van der Waals surface area contributed by atoms with Gasteiger partial charge in [-0.2, -0.15) is 0 Å². The minimum Gasteiger partial charge on any atom is -0.497 e. The van der Waals surface area contributed by atoms with Gasteiger partial charge in [0.1, 0.15) is 11.0 Å². The van der Waals surface area contributed by atoms with Crippen molar-refractivity contribution in [3.8, 4) is 5.75 Å². The molecule has 0 unspecified atom stereocenters. The number of carbonyl (C=O) groups is 1. The van der Waals surface area contributed by atoms with Crippen molar-refractivity contribution in [3.63, 3.8) is 0 Å². The molecule has 0 bridgehead atoms. The smallest absolute Gasteiger partial charge is 0.240 e. The second kappa shape index (κ2) is 8.34. The fourth-order valence-corrected chi connectivity index (χ4v) is 4.46. The lowest BCUT2D eigenvalue weighted by Crippen LogP contribution is -2.41. The number of ether oxygens (including phenoxy) is 1. The number of amides is 1. The average Bonchev–Trinajstić information content (AvgIpc) is 3.15. The molecular weight excluding hydrogens is 410 g/mol. The molecule has 9 heteroatoms. The molecule has 0 radical (unpaired) electrons. The summed E-state index contributed by atoms with van der Waals surface area (Å²) in [6.45, 7) is 2.02. The van der Waals surface area contributed by atoms with Crippen LogP contribution in [0.5, 0.6) is 5.75 Å². The lowest BCUT2D eigenvalue weighted by atomic mass is 10.0. The Balaban J connectivity index is 1.66. The van der Waals surface area contributed by atoms with Crippen LogP contribution in [0.15, 0.2) is 53.7 Å². The fraction of sp³-hybridized carbons (Fsp3) is 0.250. The molecule has 2 heterocycles. The van der Waals surface area contributed by atoms with Gasteiger partial charge in [0.2, 0.25) is 11.1 Å². The highest BCUT2D eigenvalue weighted by Crippen LogP contribution is 2.38. The molecule has 1 aromatic heterocycles. The first-order valence-electron chi connectivity index (χ1n) is 9.17. The van der Waals surface area contributed by atoms with Gasteiger partial charge < -0.3 is 15.5 Å². The van der Waals surface area contributed by atoms with Crippen molar-refractivity contribution < 1.29 is 9.53 Å². The number of nitrogens with zero attached hydrogens (tertiary/aromatic N) is 3. The number of fused-ring (bicyclic) bond motifs is 1. The van der Waals surface area contributed by atoms with Crippen LogP contribution in [-0.2, 0) is 11.2 Å². The SMILES string of the molecule is CCc1nnc2n1N[C@@H](c1ccc(OC)cc1)[C@H](C(=O)Nc1cccc(Cl)c1)S2. The molecule has 2 aromatic carbocycles.